The van der Waals surface area contributed by atoms with Gasteiger partial charge in [-0.2, -0.15) is 0 Å². The number of nitrogens with one attached hydrogen (secondary N) is 1. The zero-order valence-electron chi connectivity index (χ0n) is 8.84. The Morgan fingerprint density at radius 2 is 2.31 bits per heavy atom. The highest BCUT2D eigenvalue weighted by Gasteiger charge is 2.13. The highest BCUT2D eigenvalue weighted by atomic mass is 79.9. The molecule has 0 saturated heterocycles. The van der Waals surface area contributed by atoms with E-state index in [-0.39, 0.29) is 11.9 Å². The van der Waals surface area contributed by atoms with Crippen LogP contribution < -0.4 is 11.1 Å². The number of rotatable bonds is 5. The van der Waals surface area contributed by atoms with Gasteiger partial charge >= 0.3 is 0 Å². The lowest BCUT2D eigenvalue weighted by molar-refractivity contribution is 0.512. The molecule has 0 amide bonds. The summed E-state index contributed by atoms with van der Waals surface area (Å²) >= 11 is 3.31. The maximum atomic E-state index is 13.6. The molecule has 0 fully saturated rings. The van der Waals surface area contributed by atoms with Gasteiger partial charge in [0.25, 0.3) is 0 Å². The molecule has 0 aliphatic rings. The maximum absolute atomic E-state index is 13.6. The average molecular weight is 285 g/mol. The molecule has 1 aromatic carbocycles. The molecule has 2 nitrogen and oxygen atoms in total. The first-order valence-electron chi connectivity index (χ1n) is 5.01. The topological polar surface area (TPSA) is 38.0 Å². The zero-order valence-corrected chi connectivity index (χ0v) is 10.4. The Labute approximate surface area is 104 Å². The third-order valence-electron chi connectivity index (χ3n) is 2.23. The first-order valence-corrected chi connectivity index (χ1v) is 5.80. The number of hydrogen-bond acceptors (Lipinski definition) is 2. The molecule has 16 heavy (non-hydrogen) atoms. The molecule has 0 saturated carbocycles. The highest BCUT2D eigenvalue weighted by molar-refractivity contribution is 9.10. The van der Waals surface area contributed by atoms with Crippen molar-refractivity contribution >= 4 is 15.9 Å². The van der Waals surface area contributed by atoms with Gasteiger partial charge in [-0.3, -0.25) is 0 Å². The number of benzene rings is 1. The van der Waals surface area contributed by atoms with Gasteiger partial charge in [-0.15, -0.1) is 12.3 Å². The molecule has 1 rings (SSSR count). The fourth-order valence-corrected chi connectivity index (χ4v) is 1.80. The van der Waals surface area contributed by atoms with Crippen molar-refractivity contribution in [3.8, 4) is 12.3 Å². The van der Waals surface area contributed by atoms with Crippen LogP contribution in [0.25, 0.3) is 0 Å². The number of terminal acetylenes is 1. The zero-order chi connectivity index (χ0) is 12.0. The first kappa shape index (κ1) is 13.2. The molecular formula is C12H14BrFN2. The Hall–Kier alpha value is -0.890. The Morgan fingerprint density at radius 1 is 1.56 bits per heavy atom. The van der Waals surface area contributed by atoms with E-state index in [9.17, 15) is 4.39 Å². The van der Waals surface area contributed by atoms with Crippen LogP contribution in [0.2, 0.25) is 0 Å². The predicted molar refractivity (Wildman–Crippen MR) is 67.3 cm³/mol. The van der Waals surface area contributed by atoms with Crippen molar-refractivity contribution in [2.45, 2.75) is 12.5 Å². The van der Waals surface area contributed by atoms with E-state index >= 15 is 0 Å². The minimum absolute atomic E-state index is 0.203. The quantitative estimate of drug-likeness (QED) is 0.643. The summed E-state index contributed by atoms with van der Waals surface area (Å²) in [5.74, 6) is 2.26. The van der Waals surface area contributed by atoms with Crippen LogP contribution in [0.15, 0.2) is 22.7 Å². The Balaban J connectivity index is 2.78. The third kappa shape index (κ3) is 3.60. The van der Waals surface area contributed by atoms with Gasteiger partial charge in [-0.05, 0) is 18.2 Å². The second kappa shape index (κ2) is 6.64. The van der Waals surface area contributed by atoms with E-state index in [4.69, 9.17) is 12.2 Å². The molecule has 0 spiro atoms. The lowest BCUT2D eigenvalue weighted by atomic mass is 10.1. The van der Waals surface area contributed by atoms with E-state index in [0.717, 1.165) is 4.47 Å². The summed E-state index contributed by atoms with van der Waals surface area (Å²) in [6.07, 6.45) is 5.75. The molecular weight excluding hydrogens is 271 g/mol. The second-order valence-corrected chi connectivity index (χ2v) is 4.28. The van der Waals surface area contributed by atoms with Crippen LogP contribution in [-0.4, -0.2) is 13.1 Å². The van der Waals surface area contributed by atoms with Crippen LogP contribution in [-0.2, 0) is 0 Å². The molecule has 3 N–H and O–H groups in total. The summed E-state index contributed by atoms with van der Waals surface area (Å²) in [5, 5.41) is 3.13. The molecule has 0 bridgehead atoms. The SMILES string of the molecule is C#CCCNC(CN)c1cc(Br)ccc1F. The molecule has 1 aromatic rings. The summed E-state index contributed by atoms with van der Waals surface area (Å²) in [4.78, 5) is 0. The predicted octanol–water partition coefficient (Wildman–Crippen LogP) is 2.20. The standard InChI is InChI=1S/C12H14BrFN2/c1-2-3-6-16-12(8-15)10-7-9(13)4-5-11(10)14/h1,4-5,7,12,16H,3,6,8,15H2. The van der Waals surface area contributed by atoms with Crippen molar-refractivity contribution in [1.29, 1.82) is 0 Å². The van der Waals surface area contributed by atoms with Crippen molar-refractivity contribution in [1.82, 2.24) is 5.32 Å². The van der Waals surface area contributed by atoms with Crippen LogP contribution in [0.1, 0.15) is 18.0 Å². The first-order chi connectivity index (χ1) is 7.69. The van der Waals surface area contributed by atoms with Crippen LogP contribution in [0.5, 0.6) is 0 Å². The number of nitrogens with two attached hydrogens (primary N) is 1. The van der Waals surface area contributed by atoms with E-state index in [0.29, 0.717) is 25.1 Å². The Bertz CT molecular complexity index is 387. The smallest absolute Gasteiger partial charge is 0.128 e. The fourth-order valence-electron chi connectivity index (χ4n) is 1.42. The minimum atomic E-state index is -0.258. The normalized spacial score (nSPS) is 12.1. The number of halogens is 2. The van der Waals surface area contributed by atoms with E-state index < -0.39 is 0 Å². The van der Waals surface area contributed by atoms with Gasteiger partial charge < -0.3 is 11.1 Å². The van der Waals surface area contributed by atoms with Crippen molar-refractivity contribution < 1.29 is 4.39 Å². The van der Waals surface area contributed by atoms with Gasteiger partial charge in [0.05, 0.1) is 0 Å². The summed E-state index contributed by atoms with van der Waals surface area (Å²) in [6, 6.07) is 4.61. The summed E-state index contributed by atoms with van der Waals surface area (Å²) in [5.41, 5.74) is 6.17. The van der Waals surface area contributed by atoms with Crippen molar-refractivity contribution in [3.05, 3.63) is 34.1 Å². The Kier molecular flexibility index (Phi) is 5.47. The maximum Gasteiger partial charge on any atom is 0.128 e. The fraction of sp³-hybridized carbons (Fsp3) is 0.333. The largest absolute Gasteiger partial charge is 0.329 e. The molecule has 0 aliphatic heterocycles. The molecule has 0 aliphatic carbocycles. The van der Waals surface area contributed by atoms with E-state index in [1.54, 1.807) is 12.1 Å². The minimum Gasteiger partial charge on any atom is -0.329 e. The molecule has 1 atom stereocenters. The van der Waals surface area contributed by atoms with Gasteiger partial charge in [0.15, 0.2) is 0 Å². The van der Waals surface area contributed by atoms with Crippen molar-refractivity contribution in [2.24, 2.45) is 5.73 Å². The lowest BCUT2D eigenvalue weighted by Crippen LogP contribution is -2.29. The lowest BCUT2D eigenvalue weighted by Gasteiger charge is -2.17. The van der Waals surface area contributed by atoms with Gasteiger partial charge in [-0.1, -0.05) is 15.9 Å². The highest BCUT2D eigenvalue weighted by Crippen LogP contribution is 2.21. The summed E-state index contributed by atoms with van der Waals surface area (Å²) < 4.78 is 14.4. The van der Waals surface area contributed by atoms with Gasteiger partial charge in [0.1, 0.15) is 5.82 Å². The summed E-state index contributed by atoms with van der Waals surface area (Å²) in [7, 11) is 0. The van der Waals surface area contributed by atoms with Crippen LogP contribution in [0, 0.1) is 18.2 Å². The average Bonchev–Trinajstić information content (AvgIpc) is 2.28. The van der Waals surface area contributed by atoms with Crippen LogP contribution >= 0.6 is 15.9 Å². The van der Waals surface area contributed by atoms with Crippen molar-refractivity contribution in [2.75, 3.05) is 13.1 Å². The number of hydrogen-bond donors (Lipinski definition) is 2. The Morgan fingerprint density at radius 3 is 2.94 bits per heavy atom. The van der Waals surface area contributed by atoms with Gasteiger partial charge in [0.2, 0.25) is 0 Å². The molecule has 0 aromatic heterocycles. The van der Waals surface area contributed by atoms with E-state index in [2.05, 4.69) is 27.2 Å². The summed E-state index contributed by atoms with van der Waals surface area (Å²) in [6.45, 7) is 0.961. The second-order valence-electron chi connectivity index (χ2n) is 3.36. The van der Waals surface area contributed by atoms with Gasteiger partial charge in [0, 0.05) is 35.6 Å². The monoisotopic (exact) mass is 284 g/mol. The van der Waals surface area contributed by atoms with E-state index in [1.165, 1.54) is 6.07 Å². The molecule has 0 heterocycles. The van der Waals surface area contributed by atoms with Crippen LogP contribution in [0.4, 0.5) is 4.39 Å². The van der Waals surface area contributed by atoms with Gasteiger partial charge in [-0.25, -0.2) is 4.39 Å². The van der Waals surface area contributed by atoms with E-state index in [1.807, 2.05) is 0 Å². The third-order valence-corrected chi connectivity index (χ3v) is 2.72. The molecule has 86 valence electrons. The van der Waals surface area contributed by atoms with Crippen LogP contribution in [0.3, 0.4) is 0 Å². The van der Waals surface area contributed by atoms with Crippen molar-refractivity contribution in [3.63, 3.8) is 0 Å². The molecule has 0 radical (unpaired) electrons. The molecule has 4 heteroatoms. The molecule has 1 unspecified atom stereocenters.